The molecule has 1 unspecified atom stereocenters. The molecule has 1 aromatic rings. The quantitative estimate of drug-likeness (QED) is 0.852. The first kappa shape index (κ1) is 16.5. The molecule has 1 aromatic heterocycles. The first-order valence-electron chi connectivity index (χ1n) is 8.81. The van der Waals surface area contributed by atoms with Crippen molar-refractivity contribution in [1.29, 1.82) is 0 Å². The van der Waals surface area contributed by atoms with Crippen LogP contribution in [-0.4, -0.2) is 70.9 Å². The monoisotopic (exact) mass is 320 g/mol. The smallest absolute Gasteiger partial charge is 0.274 e. The molecule has 0 bridgehead atoms. The van der Waals surface area contributed by atoms with E-state index in [1.165, 1.54) is 6.42 Å². The van der Waals surface area contributed by atoms with Gasteiger partial charge in [0.2, 0.25) is 0 Å². The van der Waals surface area contributed by atoms with E-state index in [9.17, 15) is 4.79 Å². The van der Waals surface area contributed by atoms with E-state index in [0.717, 1.165) is 52.2 Å². The first-order valence-corrected chi connectivity index (χ1v) is 8.81. The molecule has 3 heterocycles. The van der Waals surface area contributed by atoms with Gasteiger partial charge in [0.15, 0.2) is 0 Å². The van der Waals surface area contributed by atoms with E-state index >= 15 is 0 Å². The molecule has 0 spiro atoms. The standard InChI is InChI=1S/C17H28N4O2/c1-14(2)21-9-6-16(18-21)17(22)20-7-3-4-15(5-8-20)19-10-12-23-13-11-19/h6,9,14-15H,3-5,7-8,10-13H2,1-2H3. The van der Waals surface area contributed by atoms with Gasteiger partial charge in [-0.05, 0) is 39.2 Å². The maximum absolute atomic E-state index is 12.7. The molecule has 2 aliphatic rings. The molecule has 128 valence electrons. The van der Waals surface area contributed by atoms with E-state index in [1.807, 2.05) is 21.8 Å². The Labute approximate surface area is 138 Å². The number of carbonyl (C=O) groups excluding carboxylic acids is 1. The lowest BCUT2D eigenvalue weighted by atomic mass is 10.1. The summed E-state index contributed by atoms with van der Waals surface area (Å²) in [5.41, 5.74) is 0.573. The molecule has 2 fully saturated rings. The van der Waals surface area contributed by atoms with Crippen molar-refractivity contribution in [2.24, 2.45) is 0 Å². The van der Waals surface area contributed by atoms with Crippen LogP contribution in [-0.2, 0) is 4.74 Å². The number of rotatable bonds is 3. The van der Waals surface area contributed by atoms with Gasteiger partial charge in [-0.3, -0.25) is 14.4 Å². The Morgan fingerprint density at radius 1 is 1.22 bits per heavy atom. The Kier molecular flexibility index (Phi) is 5.33. The Hall–Kier alpha value is -1.40. The number of ether oxygens (including phenoxy) is 1. The highest BCUT2D eigenvalue weighted by Gasteiger charge is 2.27. The Bertz CT molecular complexity index is 522. The predicted molar refractivity (Wildman–Crippen MR) is 88.5 cm³/mol. The highest BCUT2D eigenvalue weighted by Crippen LogP contribution is 2.19. The Morgan fingerprint density at radius 2 is 2.00 bits per heavy atom. The highest BCUT2D eigenvalue weighted by molar-refractivity contribution is 5.92. The van der Waals surface area contributed by atoms with Gasteiger partial charge in [0.05, 0.1) is 13.2 Å². The molecule has 1 amide bonds. The summed E-state index contributed by atoms with van der Waals surface area (Å²) in [6, 6.07) is 2.71. The fraction of sp³-hybridized carbons (Fsp3) is 0.765. The van der Waals surface area contributed by atoms with Crippen LogP contribution in [0.3, 0.4) is 0 Å². The fourth-order valence-corrected chi connectivity index (χ4v) is 3.49. The van der Waals surface area contributed by atoms with E-state index in [-0.39, 0.29) is 11.9 Å². The summed E-state index contributed by atoms with van der Waals surface area (Å²) in [5.74, 6) is 0.0760. The zero-order valence-electron chi connectivity index (χ0n) is 14.3. The van der Waals surface area contributed by atoms with Crippen molar-refractivity contribution in [3.05, 3.63) is 18.0 Å². The molecule has 0 N–H and O–H groups in total. The molecule has 0 aliphatic carbocycles. The molecule has 1 atom stereocenters. The maximum Gasteiger partial charge on any atom is 0.274 e. The third kappa shape index (κ3) is 3.93. The zero-order chi connectivity index (χ0) is 16.2. The summed E-state index contributed by atoms with van der Waals surface area (Å²) >= 11 is 0. The fourth-order valence-electron chi connectivity index (χ4n) is 3.49. The molecule has 0 aromatic carbocycles. The minimum atomic E-state index is 0.0760. The van der Waals surface area contributed by atoms with Crippen molar-refractivity contribution < 1.29 is 9.53 Å². The zero-order valence-corrected chi connectivity index (χ0v) is 14.3. The van der Waals surface area contributed by atoms with E-state index in [0.29, 0.717) is 11.7 Å². The number of carbonyl (C=O) groups is 1. The van der Waals surface area contributed by atoms with Crippen LogP contribution in [0.5, 0.6) is 0 Å². The maximum atomic E-state index is 12.7. The lowest BCUT2D eigenvalue weighted by molar-refractivity contribution is 0.0135. The van der Waals surface area contributed by atoms with Crippen molar-refractivity contribution in [2.45, 2.75) is 45.2 Å². The van der Waals surface area contributed by atoms with E-state index < -0.39 is 0 Å². The number of morpholine rings is 1. The largest absolute Gasteiger partial charge is 0.379 e. The predicted octanol–water partition coefficient (Wildman–Crippen LogP) is 1.79. The molecule has 2 aliphatic heterocycles. The topological polar surface area (TPSA) is 50.6 Å². The molecule has 6 heteroatoms. The second kappa shape index (κ2) is 7.45. The van der Waals surface area contributed by atoms with Gasteiger partial charge in [0, 0.05) is 44.5 Å². The van der Waals surface area contributed by atoms with Gasteiger partial charge in [0.1, 0.15) is 5.69 Å². The van der Waals surface area contributed by atoms with Crippen LogP contribution in [0.2, 0.25) is 0 Å². The average Bonchev–Trinajstić information content (AvgIpc) is 2.94. The lowest BCUT2D eigenvalue weighted by Crippen LogP contribution is -2.44. The third-order valence-corrected chi connectivity index (χ3v) is 4.90. The van der Waals surface area contributed by atoms with E-state index in [1.54, 1.807) is 0 Å². The van der Waals surface area contributed by atoms with Crippen LogP contribution in [0.4, 0.5) is 0 Å². The summed E-state index contributed by atoms with van der Waals surface area (Å²) in [4.78, 5) is 17.2. The Morgan fingerprint density at radius 3 is 2.70 bits per heavy atom. The molecule has 2 saturated heterocycles. The SMILES string of the molecule is CC(C)n1ccc(C(=O)N2CCCC(N3CCOCC3)CC2)n1. The molecule has 0 saturated carbocycles. The summed E-state index contributed by atoms with van der Waals surface area (Å²) in [6.45, 7) is 9.54. The highest BCUT2D eigenvalue weighted by atomic mass is 16.5. The van der Waals surface area contributed by atoms with Gasteiger partial charge in [0.25, 0.3) is 5.91 Å². The van der Waals surface area contributed by atoms with Gasteiger partial charge in [-0.1, -0.05) is 0 Å². The first-order chi connectivity index (χ1) is 11.1. The second-order valence-corrected chi connectivity index (χ2v) is 6.80. The summed E-state index contributed by atoms with van der Waals surface area (Å²) in [5, 5.41) is 4.42. The number of aromatic nitrogens is 2. The normalized spacial score (nSPS) is 24.0. The summed E-state index contributed by atoms with van der Waals surface area (Å²) in [6.07, 6.45) is 5.19. The van der Waals surface area contributed by atoms with Crippen LogP contribution in [0.15, 0.2) is 12.3 Å². The van der Waals surface area contributed by atoms with Gasteiger partial charge in [-0.25, -0.2) is 0 Å². The number of amides is 1. The van der Waals surface area contributed by atoms with Crippen molar-refractivity contribution in [2.75, 3.05) is 39.4 Å². The van der Waals surface area contributed by atoms with E-state index in [4.69, 9.17) is 4.74 Å². The molecule has 0 radical (unpaired) electrons. The number of hydrogen-bond acceptors (Lipinski definition) is 4. The number of nitrogens with zero attached hydrogens (tertiary/aromatic N) is 4. The number of likely N-dealkylation sites (tertiary alicyclic amines) is 1. The van der Waals surface area contributed by atoms with Gasteiger partial charge in [-0.2, -0.15) is 5.10 Å². The molecule has 6 nitrogen and oxygen atoms in total. The summed E-state index contributed by atoms with van der Waals surface area (Å²) < 4.78 is 7.29. The van der Waals surface area contributed by atoms with Crippen LogP contribution in [0.1, 0.15) is 49.6 Å². The molecule has 23 heavy (non-hydrogen) atoms. The lowest BCUT2D eigenvalue weighted by Gasteiger charge is -2.33. The molecule has 3 rings (SSSR count). The van der Waals surface area contributed by atoms with Crippen molar-refractivity contribution in [1.82, 2.24) is 19.6 Å². The minimum absolute atomic E-state index is 0.0760. The Balaban J connectivity index is 1.59. The molecular formula is C17H28N4O2. The van der Waals surface area contributed by atoms with Gasteiger partial charge < -0.3 is 9.64 Å². The third-order valence-electron chi connectivity index (χ3n) is 4.90. The van der Waals surface area contributed by atoms with Gasteiger partial charge in [-0.15, -0.1) is 0 Å². The van der Waals surface area contributed by atoms with Crippen LogP contribution < -0.4 is 0 Å². The summed E-state index contributed by atoms with van der Waals surface area (Å²) in [7, 11) is 0. The van der Waals surface area contributed by atoms with E-state index in [2.05, 4.69) is 23.8 Å². The van der Waals surface area contributed by atoms with Crippen molar-refractivity contribution in [3.63, 3.8) is 0 Å². The minimum Gasteiger partial charge on any atom is -0.379 e. The van der Waals surface area contributed by atoms with Crippen LogP contribution in [0, 0.1) is 0 Å². The molecular weight excluding hydrogens is 292 g/mol. The second-order valence-electron chi connectivity index (χ2n) is 6.80. The van der Waals surface area contributed by atoms with Crippen molar-refractivity contribution >= 4 is 5.91 Å². The van der Waals surface area contributed by atoms with Gasteiger partial charge >= 0.3 is 0 Å². The average molecular weight is 320 g/mol. The van der Waals surface area contributed by atoms with Crippen molar-refractivity contribution in [3.8, 4) is 0 Å². The van der Waals surface area contributed by atoms with Crippen LogP contribution >= 0.6 is 0 Å². The number of hydrogen-bond donors (Lipinski definition) is 0. The van der Waals surface area contributed by atoms with Crippen LogP contribution in [0.25, 0.3) is 0 Å².